The van der Waals surface area contributed by atoms with E-state index in [-0.39, 0.29) is 12.6 Å². The number of para-hydroxylation sites is 1. The van der Waals surface area contributed by atoms with Gasteiger partial charge in [0.05, 0.1) is 18.2 Å². The molecule has 0 fully saturated rings. The number of ether oxygens (including phenoxy) is 3. The van der Waals surface area contributed by atoms with Crippen LogP contribution in [-0.2, 0) is 4.74 Å². The molecule has 0 aromatic heterocycles. The molecular weight excluding hydrogens is 268 g/mol. The van der Waals surface area contributed by atoms with Crippen LogP contribution < -0.4 is 9.47 Å². The van der Waals surface area contributed by atoms with Gasteiger partial charge < -0.3 is 14.2 Å². The Labute approximate surface area is 124 Å². The SMILES string of the molecule is COCOc1ccccc1C(=O)c1ccc(C)cc1OC. The average Bonchev–Trinajstić information content (AvgIpc) is 2.52. The van der Waals surface area contributed by atoms with Crippen LogP contribution in [0, 0.1) is 6.92 Å². The van der Waals surface area contributed by atoms with E-state index in [2.05, 4.69) is 0 Å². The summed E-state index contributed by atoms with van der Waals surface area (Å²) in [6.45, 7) is 2.04. The number of hydrogen-bond acceptors (Lipinski definition) is 4. The first-order valence-corrected chi connectivity index (χ1v) is 6.57. The second kappa shape index (κ2) is 6.90. The van der Waals surface area contributed by atoms with E-state index in [4.69, 9.17) is 14.2 Å². The van der Waals surface area contributed by atoms with E-state index in [0.717, 1.165) is 5.56 Å². The van der Waals surface area contributed by atoms with E-state index in [1.807, 2.05) is 25.1 Å². The summed E-state index contributed by atoms with van der Waals surface area (Å²) >= 11 is 0. The standard InChI is InChI=1S/C17H18O4/c1-12-8-9-14(16(10-12)20-3)17(18)13-6-4-5-7-15(13)21-11-19-2/h4-10H,11H2,1-3H3. The zero-order chi connectivity index (χ0) is 15.2. The highest BCUT2D eigenvalue weighted by molar-refractivity contribution is 6.12. The van der Waals surface area contributed by atoms with Crippen molar-refractivity contribution in [2.45, 2.75) is 6.92 Å². The van der Waals surface area contributed by atoms with Crippen molar-refractivity contribution < 1.29 is 19.0 Å². The summed E-state index contributed by atoms with van der Waals surface area (Å²) in [6.07, 6.45) is 0. The molecule has 0 radical (unpaired) electrons. The Bertz CT molecular complexity index is 634. The number of methoxy groups -OCH3 is 2. The van der Waals surface area contributed by atoms with Crippen molar-refractivity contribution in [2.75, 3.05) is 21.0 Å². The molecule has 0 heterocycles. The average molecular weight is 286 g/mol. The Morgan fingerprint density at radius 2 is 1.71 bits per heavy atom. The molecule has 0 aliphatic carbocycles. The molecule has 4 heteroatoms. The lowest BCUT2D eigenvalue weighted by Crippen LogP contribution is -2.08. The molecule has 2 aromatic carbocycles. The second-order valence-corrected chi connectivity index (χ2v) is 4.58. The molecule has 0 saturated heterocycles. The molecule has 2 aromatic rings. The van der Waals surface area contributed by atoms with E-state index in [0.29, 0.717) is 22.6 Å². The molecule has 0 amide bonds. The van der Waals surface area contributed by atoms with E-state index in [1.165, 1.54) is 7.11 Å². The van der Waals surface area contributed by atoms with Crippen molar-refractivity contribution in [1.29, 1.82) is 0 Å². The van der Waals surface area contributed by atoms with Crippen LogP contribution in [0.25, 0.3) is 0 Å². The zero-order valence-electron chi connectivity index (χ0n) is 12.4. The Hall–Kier alpha value is -2.33. The van der Waals surface area contributed by atoms with Gasteiger partial charge in [-0.15, -0.1) is 0 Å². The highest BCUT2D eigenvalue weighted by Crippen LogP contribution is 2.27. The Morgan fingerprint density at radius 1 is 1.00 bits per heavy atom. The molecule has 0 aliphatic rings. The van der Waals surface area contributed by atoms with Crippen LogP contribution in [-0.4, -0.2) is 26.8 Å². The lowest BCUT2D eigenvalue weighted by Gasteiger charge is -2.12. The molecule has 2 rings (SSSR count). The highest BCUT2D eigenvalue weighted by atomic mass is 16.7. The molecule has 21 heavy (non-hydrogen) atoms. The summed E-state index contributed by atoms with van der Waals surface area (Å²) in [5.41, 5.74) is 2.03. The van der Waals surface area contributed by atoms with Gasteiger partial charge in [-0.05, 0) is 36.8 Å². The summed E-state index contributed by atoms with van der Waals surface area (Å²) in [6, 6.07) is 12.6. The third-order valence-electron chi connectivity index (χ3n) is 3.07. The van der Waals surface area contributed by atoms with Crippen molar-refractivity contribution >= 4 is 5.78 Å². The quantitative estimate of drug-likeness (QED) is 0.604. The molecule has 0 bridgehead atoms. The van der Waals surface area contributed by atoms with Crippen LogP contribution in [0.15, 0.2) is 42.5 Å². The Kier molecular flexibility index (Phi) is 4.95. The van der Waals surface area contributed by atoms with Crippen molar-refractivity contribution in [2.24, 2.45) is 0 Å². The molecule has 110 valence electrons. The molecule has 0 N–H and O–H groups in total. The maximum absolute atomic E-state index is 12.7. The zero-order valence-corrected chi connectivity index (χ0v) is 12.4. The van der Waals surface area contributed by atoms with E-state index >= 15 is 0 Å². The second-order valence-electron chi connectivity index (χ2n) is 4.58. The van der Waals surface area contributed by atoms with Crippen molar-refractivity contribution in [3.8, 4) is 11.5 Å². The van der Waals surface area contributed by atoms with Gasteiger partial charge in [-0.1, -0.05) is 18.2 Å². The lowest BCUT2D eigenvalue weighted by molar-refractivity contribution is 0.0503. The summed E-state index contributed by atoms with van der Waals surface area (Å²) < 4.78 is 15.6. The monoisotopic (exact) mass is 286 g/mol. The van der Waals surface area contributed by atoms with Gasteiger partial charge in [0, 0.05) is 7.11 Å². The number of benzene rings is 2. The number of hydrogen-bond donors (Lipinski definition) is 0. The fraction of sp³-hybridized carbons (Fsp3) is 0.235. The predicted molar refractivity (Wildman–Crippen MR) is 80.1 cm³/mol. The third kappa shape index (κ3) is 3.41. The Balaban J connectivity index is 2.40. The Morgan fingerprint density at radius 3 is 2.43 bits per heavy atom. The van der Waals surface area contributed by atoms with E-state index < -0.39 is 0 Å². The maximum atomic E-state index is 12.7. The van der Waals surface area contributed by atoms with Gasteiger partial charge in [0.2, 0.25) is 0 Å². The van der Waals surface area contributed by atoms with Crippen molar-refractivity contribution in [3.05, 3.63) is 59.2 Å². The predicted octanol–water partition coefficient (Wildman–Crippen LogP) is 3.22. The van der Waals surface area contributed by atoms with Crippen LogP contribution in [0.4, 0.5) is 0 Å². The van der Waals surface area contributed by atoms with Crippen molar-refractivity contribution in [3.63, 3.8) is 0 Å². The minimum atomic E-state index is -0.140. The fourth-order valence-electron chi connectivity index (χ4n) is 2.03. The van der Waals surface area contributed by atoms with E-state index in [1.54, 1.807) is 31.4 Å². The minimum absolute atomic E-state index is 0.0926. The molecule has 0 saturated carbocycles. The number of carbonyl (C=O) groups is 1. The molecular formula is C17H18O4. The normalized spacial score (nSPS) is 10.2. The van der Waals surface area contributed by atoms with Crippen LogP contribution >= 0.6 is 0 Å². The smallest absolute Gasteiger partial charge is 0.200 e. The first kappa shape index (κ1) is 15.1. The molecule has 0 atom stereocenters. The van der Waals surface area contributed by atoms with Gasteiger partial charge in [-0.2, -0.15) is 0 Å². The molecule has 0 unspecified atom stereocenters. The molecule has 0 spiro atoms. The fourth-order valence-corrected chi connectivity index (χ4v) is 2.03. The summed E-state index contributed by atoms with van der Waals surface area (Å²) in [5.74, 6) is 0.909. The molecule has 4 nitrogen and oxygen atoms in total. The summed E-state index contributed by atoms with van der Waals surface area (Å²) in [5, 5.41) is 0. The van der Waals surface area contributed by atoms with Crippen LogP contribution in [0.3, 0.4) is 0 Å². The maximum Gasteiger partial charge on any atom is 0.200 e. The first-order chi connectivity index (χ1) is 10.2. The number of carbonyl (C=O) groups excluding carboxylic acids is 1. The number of aryl methyl sites for hydroxylation is 1. The third-order valence-corrected chi connectivity index (χ3v) is 3.07. The number of ketones is 1. The van der Waals surface area contributed by atoms with Gasteiger partial charge in [-0.3, -0.25) is 4.79 Å². The van der Waals surface area contributed by atoms with Gasteiger partial charge >= 0.3 is 0 Å². The highest BCUT2D eigenvalue weighted by Gasteiger charge is 2.18. The van der Waals surface area contributed by atoms with Crippen LogP contribution in [0.2, 0.25) is 0 Å². The van der Waals surface area contributed by atoms with Crippen LogP contribution in [0.1, 0.15) is 21.5 Å². The van der Waals surface area contributed by atoms with Gasteiger partial charge in [0.25, 0.3) is 0 Å². The minimum Gasteiger partial charge on any atom is -0.496 e. The largest absolute Gasteiger partial charge is 0.496 e. The van der Waals surface area contributed by atoms with Crippen molar-refractivity contribution in [1.82, 2.24) is 0 Å². The number of rotatable bonds is 6. The summed E-state index contributed by atoms with van der Waals surface area (Å²) in [7, 11) is 3.09. The van der Waals surface area contributed by atoms with Crippen LogP contribution in [0.5, 0.6) is 11.5 Å². The lowest BCUT2D eigenvalue weighted by atomic mass is 10.0. The topological polar surface area (TPSA) is 44.8 Å². The summed E-state index contributed by atoms with van der Waals surface area (Å²) in [4.78, 5) is 12.7. The first-order valence-electron chi connectivity index (χ1n) is 6.57. The van der Waals surface area contributed by atoms with Gasteiger partial charge in [0.15, 0.2) is 12.6 Å². The van der Waals surface area contributed by atoms with Gasteiger partial charge in [-0.25, -0.2) is 0 Å². The van der Waals surface area contributed by atoms with E-state index in [9.17, 15) is 4.79 Å². The van der Waals surface area contributed by atoms with Gasteiger partial charge in [0.1, 0.15) is 11.5 Å². The molecule has 0 aliphatic heterocycles.